The number of aromatic nitrogens is 1. The number of carbonyl (C=O) groups is 2. The summed E-state index contributed by atoms with van der Waals surface area (Å²) >= 11 is 3.44. The monoisotopic (exact) mass is 512 g/mol. The van der Waals surface area contributed by atoms with Gasteiger partial charge in [-0.25, -0.2) is 4.98 Å². The maximum absolute atomic E-state index is 12.8. The van der Waals surface area contributed by atoms with Crippen LogP contribution in [0.5, 0.6) is 17.4 Å². The van der Waals surface area contributed by atoms with Crippen molar-refractivity contribution >= 4 is 39.6 Å². The third-order valence-corrected chi connectivity index (χ3v) is 6.88. The summed E-state index contributed by atoms with van der Waals surface area (Å²) in [6, 6.07) is 5.91. The number of hydrazone groups is 1. The van der Waals surface area contributed by atoms with Gasteiger partial charge in [0.1, 0.15) is 6.20 Å². The average molecular weight is 513 g/mol. The van der Waals surface area contributed by atoms with Crippen LogP contribution in [0.15, 0.2) is 52.2 Å². The second-order valence-corrected chi connectivity index (χ2v) is 8.83. The summed E-state index contributed by atoms with van der Waals surface area (Å²) in [6.45, 7) is 0. The van der Waals surface area contributed by atoms with Crippen LogP contribution in [0, 0.1) is 33.8 Å². The predicted octanol–water partition coefficient (Wildman–Crippen LogP) is 3.69. The fourth-order valence-electron chi connectivity index (χ4n) is 4.66. The zero-order valence-electron chi connectivity index (χ0n) is 17.3. The lowest BCUT2D eigenvalue weighted by Gasteiger charge is -2.13. The highest BCUT2D eigenvalue weighted by molar-refractivity contribution is 9.10. The van der Waals surface area contributed by atoms with Crippen LogP contribution in [0.2, 0.25) is 0 Å². The van der Waals surface area contributed by atoms with E-state index in [0.29, 0.717) is 21.5 Å². The van der Waals surface area contributed by atoms with Crippen LogP contribution >= 0.6 is 15.9 Å². The lowest BCUT2D eigenvalue weighted by Crippen LogP contribution is -2.28. The van der Waals surface area contributed by atoms with E-state index in [4.69, 9.17) is 9.47 Å². The van der Waals surface area contributed by atoms with E-state index in [1.807, 2.05) is 12.2 Å². The van der Waals surface area contributed by atoms with Gasteiger partial charge in [0.05, 0.1) is 30.1 Å². The molecule has 4 atom stereocenters. The minimum Gasteiger partial charge on any atom is -0.493 e. The summed E-state index contributed by atoms with van der Waals surface area (Å²) in [5, 5.41) is 15.9. The number of allylic oxidation sites excluding steroid dienone is 2. The Morgan fingerprint density at radius 3 is 2.45 bits per heavy atom. The predicted molar refractivity (Wildman–Crippen MR) is 119 cm³/mol. The van der Waals surface area contributed by atoms with Gasteiger partial charge in [0.15, 0.2) is 11.5 Å². The maximum atomic E-state index is 12.8. The number of carbonyl (C=O) groups excluding carboxylic acids is 2. The van der Waals surface area contributed by atoms with Crippen molar-refractivity contribution in [3.8, 4) is 17.4 Å². The number of nitrogens with zero attached hydrogens (tertiary/aromatic N) is 4. The molecule has 0 N–H and O–H groups in total. The molecule has 1 aromatic carbocycles. The number of halogens is 1. The molecule has 10 nitrogen and oxygen atoms in total. The van der Waals surface area contributed by atoms with Crippen molar-refractivity contribution in [1.82, 2.24) is 9.99 Å². The average Bonchev–Trinajstić information content (AvgIpc) is 3.48. The molecule has 2 aliphatic carbocycles. The number of rotatable bonds is 6. The van der Waals surface area contributed by atoms with Crippen LogP contribution in [0.4, 0.5) is 5.69 Å². The minimum atomic E-state index is -0.549. The number of hydrogen-bond donors (Lipinski definition) is 0. The molecule has 1 saturated carbocycles. The lowest BCUT2D eigenvalue weighted by molar-refractivity contribution is -0.385. The van der Waals surface area contributed by atoms with Gasteiger partial charge < -0.3 is 9.47 Å². The number of fused-ring (bicyclic) bond motifs is 5. The number of methoxy groups -OCH3 is 1. The van der Waals surface area contributed by atoms with E-state index in [1.54, 1.807) is 12.1 Å². The molecule has 0 spiro atoms. The quantitative estimate of drug-likeness (QED) is 0.190. The largest absolute Gasteiger partial charge is 0.493 e. The van der Waals surface area contributed by atoms with Crippen LogP contribution in [-0.4, -0.2) is 40.1 Å². The van der Waals surface area contributed by atoms with Gasteiger partial charge in [0.2, 0.25) is 5.88 Å². The first-order valence-electron chi connectivity index (χ1n) is 10.1. The van der Waals surface area contributed by atoms with Gasteiger partial charge in [-0.05, 0) is 46.3 Å². The summed E-state index contributed by atoms with van der Waals surface area (Å²) in [4.78, 5) is 39.7. The summed E-state index contributed by atoms with van der Waals surface area (Å²) in [6.07, 6.45) is 7.44. The molecule has 168 valence electrons. The van der Waals surface area contributed by atoms with Gasteiger partial charge in [-0.1, -0.05) is 12.2 Å². The van der Waals surface area contributed by atoms with Gasteiger partial charge in [0, 0.05) is 22.2 Å². The fourth-order valence-corrected chi connectivity index (χ4v) is 5.09. The van der Waals surface area contributed by atoms with Crippen molar-refractivity contribution in [2.75, 3.05) is 7.11 Å². The number of nitro groups is 1. The lowest BCUT2D eigenvalue weighted by atomic mass is 9.85. The maximum Gasteiger partial charge on any atom is 0.287 e. The summed E-state index contributed by atoms with van der Waals surface area (Å²) < 4.78 is 11.7. The highest BCUT2D eigenvalue weighted by atomic mass is 79.9. The van der Waals surface area contributed by atoms with Crippen LogP contribution < -0.4 is 9.47 Å². The topological polar surface area (TPSA) is 124 Å². The Labute approximate surface area is 196 Å². The Bertz CT molecular complexity index is 1200. The zero-order chi connectivity index (χ0) is 23.3. The van der Waals surface area contributed by atoms with E-state index >= 15 is 0 Å². The number of imide groups is 1. The van der Waals surface area contributed by atoms with E-state index in [0.717, 1.165) is 17.6 Å². The molecular weight excluding hydrogens is 496 g/mol. The van der Waals surface area contributed by atoms with E-state index in [1.165, 1.54) is 25.5 Å². The molecule has 2 bridgehead atoms. The second-order valence-electron chi connectivity index (χ2n) is 7.97. The highest BCUT2D eigenvalue weighted by Crippen LogP contribution is 2.52. The van der Waals surface area contributed by atoms with E-state index in [-0.39, 0.29) is 47.1 Å². The summed E-state index contributed by atoms with van der Waals surface area (Å²) in [5.41, 5.74) is 0.413. The van der Waals surface area contributed by atoms with Crippen molar-refractivity contribution in [2.45, 2.75) is 6.42 Å². The number of hydrogen-bond acceptors (Lipinski definition) is 8. The first-order chi connectivity index (χ1) is 15.9. The standard InChI is InChI=1S/C22H17BrN4O6/c1-32-16-7-13(15(23)8-17(16)33-18-5-4-14(10-24-18)27(30)31)9-25-26-21(28)19-11-2-3-12(6-11)20(19)22(26)29/h2-5,7-12,19-20H,6H2,1H3/t11-,12-,19-,20+/m0/s1. The molecule has 1 saturated heterocycles. The Morgan fingerprint density at radius 2 is 1.88 bits per heavy atom. The Kier molecular flexibility index (Phi) is 5.20. The van der Waals surface area contributed by atoms with Crippen LogP contribution in [0.1, 0.15) is 12.0 Å². The molecular formula is C22H17BrN4O6. The molecule has 0 radical (unpaired) electrons. The van der Waals surface area contributed by atoms with Crippen LogP contribution in [0.25, 0.3) is 0 Å². The molecule has 2 aromatic rings. The minimum absolute atomic E-state index is 0.118. The zero-order valence-corrected chi connectivity index (χ0v) is 18.8. The van der Waals surface area contributed by atoms with Crippen LogP contribution in [-0.2, 0) is 9.59 Å². The van der Waals surface area contributed by atoms with E-state index in [2.05, 4.69) is 26.0 Å². The van der Waals surface area contributed by atoms with Crippen molar-refractivity contribution in [3.05, 3.63) is 62.8 Å². The summed E-state index contributed by atoms with van der Waals surface area (Å²) in [7, 11) is 1.46. The van der Waals surface area contributed by atoms with Crippen LogP contribution in [0.3, 0.4) is 0 Å². The van der Waals surface area contributed by atoms with E-state index in [9.17, 15) is 19.7 Å². The molecule has 1 aliphatic heterocycles. The first-order valence-corrected chi connectivity index (χ1v) is 10.9. The highest BCUT2D eigenvalue weighted by Gasteiger charge is 2.59. The SMILES string of the molecule is COc1cc(C=NN2C(=O)[C@@H]3[C@H](C2=O)[C@H]2C=C[C@H]3C2)c(Br)cc1Oc1ccc([N+](=O)[O-])cn1. The Hall–Kier alpha value is -3.60. The number of amides is 2. The molecule has 11 heteroatoms. The number of benzene rings is 1. The van der Waals surface area contributed by atoms with Crippen molar-refractivity contribution in [2.24, 2.45) is 28.8 Å². The fraction of sp³-hybridized carbons (Fsp3) is 0.273. The van der Waals surface area contributed by atoms with Gasteiger partial charge in [-0.15, -0.1) is 0 Å². The van der Waals surface area contributed by atoms with Crippen molar-refractivity contribution < 1.29 is 24.0 Å². The molecule has 2 heterocycles. The number of ether oxygens (including phenoxy) is 2. The molecule has 3 aliphatic rings. The first kappa shape index (κ1) is 21.3. The second kappa shape index (κ2) is 8.07. The Morgan fingerprint density at radius 1 is 1.18 bits per heavy atom. The third kappa shape index (κ3) is 3.58. The van der Waals surface area contributed by atoms with Gasteiger partial charge >= 0.3 is 0 Å². The molecule has 33 heavy (non-hydrogen) atoms. The van der Waals surface area contributed by atoms with Gasteiger partial charge in [-0.3, -0.25) is 19.7 Å². The summed E-state index contributed by atoms with van der Waals surface area (Å²) in [5.74, 6) is -0.0986. The normalized spacial score (nSPS) is 25.2. The molecule has 5 rings (SSSR count). The molecule has 2 amide bonds. The van der Waals surface area contributed by atoms with Crippen molar-refractivity contribution in [3.63, 3.8) is 0 Å². The molecule has 1 aromatic heterocycles. The Balaban J connectivity index is 1.36. The third-order valence-electron chi connectivity index (χ3n) is 6.19. The van der Waals surface area contributed by atoms with Gasteiger partial charge in [-0.2, -0.15) is 10.1 Å². The molecule has 0 unspecified atom stereocenters. The molecule has 2 fully saturated rings. The van der Waals surface area contributed by atoms with Gasteiger partial charge in [0.25, 0.3) is 17.5 Å². The van der Waals surface area contributed by atoms with Crippen molar-refractivity contribution in [1.29, 1.82) is 0 Å². The smallest absolute Gasteiger partial charge is 0.287 e. The van der Waals surface area contributed by atoms with E-state index < -0.39 is 4.92 Å². The number of pyridine rings is 1.